The number of carbonyl (C=O) groups is 4. The number of nitrogens with zero attached hydrogens (tertiary/aromatic N) is 1. The van der Waals surface area contributed by atoms with E-state index in [2.05, 4.69) is 10.6 Å². The van der Waals surface area contributed by atoms with E-state index in [9.17, 15) is 24.3 Å². The first-order valence-corrected chi connectivity index (χ1v) is 7.61. The lowest BCUT2D eigenvalue weighted by Crippen LogP contribution is -2.41. The summed E-state index contributed by atoms with van der Waals surface area (Å²) in [7, 11) is 0. The van der Waals surface area contributed by atoms with Crippen molar-refractivity contribution < 1.29 is 24.3 Å². The molecule has 2 aliphatic rings. The number of likely N-dealkylation sites (tertiary alicyclic amines) is 1. The highest BCUT2D eigenvalue weighted by atomic mass is 16.4. The second-order valence-corrected chi connectivity index (χ2v) is 6.11. The summed E-state index contributed by atoms with van der Waals surface area (Å²) in [5, 5.41) is 13.9. The number of carboxylic acid groups (broad SMARTS) is 1. The highest BCUT2D eigenvalue weighted by molar-refractivity contribution is 6.07. The molecule has 0 aliphatic carbocycles. The predicted octanol–water partition coefficient (Wildman–Crippen LogP) is 0.430. The Morgan fingerprint density at radius 1 is 1.25 bits per heavy atom. The lowest BCUT2D eigenvalue weighted by molar-refractivity contribution is -0.141. The van der Waals surface area contributed by atoms with E-state index in [0.29, 0.717) is 30.5 Å². The Morgan fingerprint density at radius 2 is 1.92 bits per heavy atom. The Hall–Kier alpha value is -2.90. The number of aliphatic carboxylic acids is 1. The van der Waals surface area contributed by atoms with Crippen LogP contribution in [0, 0.1) is 0 Å². The van der Waals surface area contributed by atoms with Crippen molar-refractivity contribution in [1.29, 1.82) is 0 Å². The molecule has 2 fully saturated rings. The summed E-state index contributed by atoms with van der Waals surface area (Å²) in [6.07, 6.45) is 1.11. The van der Waals surface area contributed by atoms with Crippen molar-refractivity contribution >= 4 is 23.8 Å². The Balaban J connectivity index is 1.82. The molecule has 2 atom stereocenters. The van der Waals surface area contributed by atoms with Gasteiger partial charge < -0.3 is 15.3 Å². The lowest BCUT2D eigenvalue weighted by Gasteiger charge is -2.23. The standard InChI is InChI=1S/C16H17N3O5/c1-16(14(23)17-15(24)18-16)10-6-4-9(5-7-10)12(20)19-8-2-3-11(19)13(21)22/h4-7,11H,2-3,8H2,1H3,(H,21,22)(H2,17,18,23,24). The summed E-state index contributed by atoms with van der Waals surface area (Å²) in [5.74, 6) is -1.82. The van der Waals surface area contributed by atoms with E-state index in [4.69, 9.17) is 0 Å². The van der Waals surface area contributed by atoms with Gasteiger partial charge in [0.2, 0.25) is 0 Å². The second-order valence-electron chi connectivity index (χ2n) is 6.11. The molecule has 0 aromatic heterocycles. The Morgan fingerprint density at radius 3 is 2.46 bits per heavy atom. The Kier molecular flexibility index (Phi) is 3.75. The third-order valence-corrected chi connectivity index (χ3v) is 4.55. The molecule has 0 spiro atoms. The minimum Gasteiger partial charge on any atom is -0.480 e. The van der Waals surface area contributed by atoms with Gasteiger partial charge >= 0.3 is 12.0 Å². The highest BCUT2D eigenvalue weighted by Crippen LogP contribution is 2.26. The first-order valence-electron chi connectivity index (χ1n) is 7.61. The molecule has 2 aliphatic heterocycles. The first kappa shape index (κ1) is 16.0. The van der Waals surface area contributed by atoms with Gasteiger partial charge in [0, 0.05) is 12.1 Å². The highest BCUT2D eigenvalue weighted by Gasteiger charge is 2.43. The molecule has 1 aromatic carbocycles. The van der Waals surface area contributed by atoms with Crippen molar-refractivity contribution in [1.82, 2.24) is 15.5 Å². The molecule has 8 nitrogen and oxygen atoms in total. The third-order valence-electron chi connectivity index (χ3n) is 4.55. The topological polar surface area (TPSA) is 116 Å². The zero-order valence-corrected chi connectivity index (χ0v) is 13.0. The second kappa shape index (κ2) is 5.63. The number of urea groups is 1. The molecule has 3 N–H and O–H groups in total. The van der Waals surface area contributed by atoms with Gasteiger partial charge in [0.15, 0.2) is 0 Å². The van der Waals surface area contributed by atoms with E-state index < -0.39 is 29.5 Å². The van der Waals surface area contributed by atoms with Gasteiger partial charge in [-0.3, -0.25) is 14.9 Å². The number of rotatable bonds is 3. The molecule has 0 radical (unpaired) electrons. The van der Waals surface area contributed by atoms with E-state index >= 15 is 0 Å². The molecule has 3 rings (SSSR count). The van der Waals surface area contributed by atoms with Crippen molar-refractivity contribution in [2.24, 2.45) is 0 Å². The number of nitrogens with one attached hydrogen (secondary N) is 2. The van der Waals surface area contributed by atoms with Gasteiger partial charge in [0.05, 0.1) is 0 Å². The summed E-state index contributed by atoms with van der Waals surface area (Å²) >= 11 is 0. The number of hydrogen-bond donors (Lipinski definition) is 3. The average molecular weight is 331 g/mol. The van der Waals surface area contributed by atoms with E-state index in [-0.39, 0.29) is 5.91 Å². The number of carboxylic acids is 1. The van der Waals surface area contributed by atoms with Crippen LogP contribution in [0.15, 0.2) is 24.3 Å². The molecule has 1 aromatic rings. The normalized spacial score (nSPS) is 26.2. The van der Waals surface area contributed by atoms with Gasteiger partial charge in [-0.15, -0.1) is 0 Å². The average Bonchev–Trinajstić information content (AvgIpc) is 3.12. The van der Waals surface area contributed by atoms with Crippen molar-refractivity contribution in [3.63, 3.8) is 0 Å². The number of imide groups is 1. The molecule has 24 heavy (non-hydrogen) atoms. The Bertz CT molecular complexity index is 730. The van der Waals surface area contributed by atoms with Crippen LogP contribution in [-0.4, -0.2) is 46.4 Å². The fourth-order valence-electron chi connectivity index (χ4n) is 3.12. The summed E-state index contributed by atoms with van der Waals surface area (Å²) in [6, 6.07) is 4.89. The largest absolute Gasteiger partial charge is 0.480 e. The van der Waals surface area contributed by atoms with Crippen LogP contribution in [0.2, 0.25) is 0 Å². The van der Waals surface area contributed by atoms with Gasteiger partial charge in [-0.25, -0.2) is 9.59 Å². The minimum atomic E-state index is -1.18. The van der Waals surface area contributed by atoms with Gasteiger partial charge in [-0.2, -0.15) is 0 Å². The fraction of sp³-hybridized carbons (Fsp3) is 0.375. The fourth-order valence-corrected chi connectivity index (χ4v) is 3.12. The number of benzene rings is 1. The first-order chi connectivity index (χ1) is 11.3. The zero-order chi connectivity index (χ0) is 17.5. The molecule has 2 unspecified atom stereocenters. The maximum atomic E-state index is 12.5. The third kappa shape index (κ3) is 2.49. The van der Waals surface area contributed by atoms with Crippen LogP contribution in [0.1, 0.15) is 35.7 Å². The molecule has 4 amide bonds. The van der Waals surface area contributed by atoms with Crippen LogP contribution in [-0.2, 0) is 15.1 Å². The number of hydrogen-bond acceptors (Lipinski definition) is 4. The van der Waals surface area contributed by atoms with Crippen LogP contribution in [0.4, 0.5) is 4.79 Å². The van der Waals surface area contributed by atoms with Crippen molar-refractivity contribution in [3.8, 4) is 0 Å². The van der Waals surface area contributed by atoms with Crippen LogP contribution < -0.4 is 10.6 Å². The van der Waals surface area contributed by atoms with E-state index in [1.807, 2.05) is 0 Å². The number of amides is 4. The minimum absolute atomic E-state index is 0.347. The van der Waals surface area contributed by atoms with Crippen molar-refractivity contribution in [2.75, 3.05) is 6.54 Å². The van der Waals surface area contributed by atoms with Gasteiger partial charge in [0.1, 0.15) is 11.6 Å². The number of carbonyl (C=O) groups excluding carboxylic acids is 3. The lowest BCUT2D eigenvalue weighted by atomic mass is 9.91. The van der Waals surface area contributed by atoms with Crippen molar-refractivity contribution in [3.05, 3.63) is 35.4 Å². The van der Waals surface area contributed by atoms with E-state index in [1.165, 1.54) is 17.0 Å². The molecule has 2 saturated heterocycles. The molecule has 2 heterocycles. The van der Waals surface area contributed by atoms with Gasteiger partial charge in [-0.05, 0) is 37.5 Å². The maximum absolute atomic E-state index is 12.5. The Labute approximate surface area is 137 Å². The summed E-state index contributed by atoms with van der Waals surface area (Å²) < 4.78 is 0. The van der Waals surface area contributed by atoms with Crippen molar-refractivity contribution in [2.45, 2.75) is 31.3 Å². The molecule has 126 valence electrons. The molecular formula is C16H17N3O5. The van der Waals surface area contributed by atoms with Crippen LogP contribution in [0.25, 0.3) is 0 Å². The molecule has 0 bridgehead atoms. The smallest absolute Gasteiger partial charge is 0.326 e. The SMILES string of the molecule is CC1(c2ccc(C(=O)N3CCCC3C(=O)O)cc2)NC(=O)NC1=O. The summed E-state index contributed by atoms with van der Waals surface area (Å²) in [6.45, 7) is 1.98. The molecule has 8 heteroatoms. The van der Waals surface area contributed by atoms with Crippen LogP contribution >= 0.6 is 0 Å². The van der Waals surface area contributed by atoms with E-state index in [1.54, 1.807) is 19.1 Å². The summed E-state index contributed by atoms with van der Waals surface area (Å²) in [4.78, 5) is 48.3. The summed E-state index contributed by atoms with van der Waals surface area (Å²) in [5.41, 5.74) is -0.297. The monoisotopic (exact) mass is 331 g/mol. The predicted molar refractivity (Wildman–Crippen MR) is 82.2 cm³/mol. The maximum Gasteiger partial charge on any atom is 0.326 e. The van der Waals surface area contributed by atoms with Gasteiger partial charge in [-0.1, -0.05) is 12.1 Å². The van der Waals surface area contributed by atoms with Crippen LogP contribution in [0.3, 0.4) is 0 Å². The molecule has 0 saturated carbocycles. The molecular weight excluding hydrogens is 314 g/mol. The van der Waals surface area contributed by atoms with Gasteiger partial charge in [0.25, 0.3) is 11.8 Å². The quantitative estimate of drug-likeness (QED) is 0.695. The van der Waals surface area contributed by atoms with E-state index in [0.717, 1.165) is 0 Å². The van der Waals surface area contributed by atoms with Crippen LogP contribution in [0.5, 0.6) is 0 Å². The zero-order valence-electron chi connectivity index (χ0n) is 13.0.